The molecule has 2 N–H and O–H groups in total. The molecule has 0 aliphatic carbocycles. The predicted molar refractivity (Wildman–Crippen MR) is 121 cm³/mol. The van der Waals surface area contributed by atoms with Crippen molar-refractivity contribution in [1.82, 2.24) is 14.6 Å². The molecule has 176 valence electrons. The van der Waals surface area contributed by atoms with E-state index in [1.165, 1.54) is 4.52 Å². The van der Waals surface area contributed by atoms with E-state index in [1.54, 1.807) is 33.8 Å². The Balaban J connectivity index is 2.10. The Hall–Kier alpha value is -3.85. The molecule has 0 amide bonds. The smallest absolute Gasteiger partial charge is 0.337 e. The first-order valence-electron chi connectivity index (χ1n) is 10.5. The summed E-state index contributed by atoms with van der Waals surface area (Å²) in [6.45, 7) is 6.63. The van der Waals surface area contributed by atoms with Crippen LogP contribution in [0.15, 0.2) is 48.5 Å². The van der Waals surface area contributed by atoms with Crippen LogP contribution in [0.4, 0.5) is 8.78 Å². The lowest BCUT2D eigenvalue weighted by atomic mass is 9.98. The van der Waals surface area contributed by atoms with Crippen LogP contribution >= 0.6 is 0 Å². The van der Waals surface area contributed by atoms with Gasteiger partial charge in [0, 0.05) is 34.5 Å². The predicted octanol–water partition coefficient (Wildman–Crippen LogP) is 5.30. The lowest BCUT2D eigenvalue weighted by Crippen LogP contribution is -2.29. The third-order valence-corrected chi connectivity index (χ3v) is 5.15. The van der Waals surface area contributed by atoms with Crippen LogP contribution in [0.25, 0.3) is 28.2 Å². The van der Waals surface area contributed by atoms with Crippen molar-refractivity contribution in [3.8, 4) is 28.3 Å². The van der Waals surface area contributed by atoms with Crippen LogP contribution in [0.3, 0.4) is 0 Å². The van der Waals surface area contributed by atoms with Gasteiger partial charge in [0.05, 0.1) is 17.0 Å². The Kier molecular flexibility index (Phi) is 5.82. The molecule has 34 heavy (non-hydrogen) atoms. The number of carbonyl (C=O) groups is 1. The molecule has 0 saturated carbocycles. The number of carboxylic acids is 1. The van der Waals surface area contributed by atoms with Crippen molar-refractivity contribution in [3.05, 3.63) is 71.4 Å². The number of rotatable bonds is 5. The van der Waals surface area contributed by atoms with Gasteiger partial charge in [0.25, 0.3) is 0 Å². The number of hydrogen-bond acceptors (Lipinski definition) is 5. The molecule has 2 aromatic carbocycles. The molecule has 0 aliphatic rings. The topological polar surface area (TPSA) is 97.0 Å². The zero-order valence-corrected chi connectivity index (χ0v) is 19.0. The normalized spacial score (nSPS) is 12.8. The molecule has 0 radical (unpaired) electrons. The van der Waals surface area contributed by atoms with Crippen LogP contribution in [0.1, 0.15) is 38.1 Å². The number of fused-ring (bicyclic) bond motifs is 1. The van der Waals surface area contributed by atoms with E-state index >= 15 is 4.39 Å². The maximum Gasteiger partial charge on any atom is 0.337 e. The first kappa shape index (κ1) is 23.3. The van der Waals surface area contributed by atoms with Gasteiger partial charge in [0.15, 0.2) is 23.3 Å². The molecule has 0 spiro atoms. The van der Waals surface area contributed by atoms with Crippen molar-refractivity contribution < 1.29 is 28.5 Å². The van der Waals surface area contributed by atoms with Crippen LogP contribution in [0.5, 0.6) is 5.75 Å². The van der Waals surface area contributed by atoms with Crippen LogP contribution in [0, 0.1) is 18.6 Å². The number of halogens is 2. The van der Waals surface area contributed by atoms with Gasteiger partial charge in [-0.25, -0.2) is 23.1 Å². The number of aromatic nitrogens is 3. The van der Waals surface area contributed by atoms with Crippen molar-refractivity contribution in [3.63, 3.8) is 0 Å². The molecule has 1 atom stereocenters. The van der Waals surface area contributed by atoms with Gasteiger partial charge in [-0.05, 0) is 33.8 Å². The molecule has 4 aromatic rings. The second-order valence-electron chi connectivity index (χ2n) is 8.86. The van der Waals surface area contributed by atoms with Gasteiger partial charge in [-0.2, -0.15) is 5.10 Å². The van der Waals surface area contributed by atoms with Gasteiger partial charge in [0.2, 0.25) is 0 Å². The molecule has 0 saturated heterocycles. The lowest BCUT2D eigenvalue weighted by molar-refractivity contribution is -0.160. The highest BCUT2D eigenvalue weighted by molar-refractivity contribution is 5.81. The molecule has 0 aliphatic heterocycles. The van der Waals surface area contributed by atoms with E-state index in [1.807, 2.05) is 30.3 Å². The second-order valence-corrected chi connectivity index (χ2v) is 8.86. The summed E-state index contributed by atoms with van der Waals surface area (Å²) < 4.78 is 36.6. The van der Waals surface area contributed by atoms with Gasteiger partial charge in [-0.15, -0.1) is 0 Å². The summed E-state index contributed by atoms with van der Waals surface area (Å²) in [5, 5.41) is 24.2. The zero-order valence-electron chi connectivity index (χ0n) is 19.0. The SMILES string of the molecule is Cc1nc2cc(-c3ccccc3)nn2c(-c2cc(F)c(O)cc2F)c1C(OC(C)(C)C)C(=O)O. The molecule has 9 heteroatoms. The molecule has 2 heterocycles. The first-order chi connectivity index (χ1) is 16.0. The van der Waals surface area contributed by atoms with Crippen molar-refractivity contribution >= 4 is 11.6 Å². The summed E-state index contributed by atoms with van der Waals surface area (Å²) in [5.74, 6) is -4.21. The fraction of sp³-hybridized carbons (Fsp3) is 0.240. The van der Waals surface area contributed by atoms with Crippen molar-refractivity contribution in [1.29, 1.82) is 0 Å². The van der Waals surface area contributed by atoms with Gasteiger partial charge < -0.3 is 14.9 Å². The van der Waals surface area contributed by atoms with Crippen molar-refractivity contribution in [2.75, 3.05) is 0 Å². The maximum atomic E-state index is 15.1. The summed E-state index contributed by atoms with van der Waals surface area (Å²) >= 11 is 0. The third-order valence-electron chi connectivity index (χ3n) is 5.15. The van der Waals surface area contributed by atoms with E-state index < -0.39 is 35.1 Å². The van der Waals surface area contributed by atoms with E-state index in [-0.39, 0.29) is 22.5 Å². The number of benzene rings is 2. The van der Waals surface area contributed by atoms with E-state index in [4.69, 9.17) is 4.74 Å². The quantitative estimate of drug-likeness (QED) is 0.414. The molecular formula is C25H23F2N3O4. The zero-order chi connectivity index (χ0) is 24.8. The first-order valence-corrected chi connectivity index (χ1v) is 10.5. The number of aliphatic carboxylic acids is 1. The van der Waals surface area contributed by atoms with Crippen LogP contribution in [-0.4, -0.2) is 36.4 Å². The molecule has 0 bridgehead atoms. The Morgan fingerprint density at radius 1 is 1.09 bits per heavy atom. The minimum Gasteiger partial charge on any atom is -0.505 e. The average Bonchev–Trinajstić information content (AvgIpc) is 3.17. The molecule has 7 nitrogen and oxygen atoms in total. The van der Waals surface area contributed by atoms with Crippen molar-refractivity contribution in [2.45, 2.75) is 39.4 Å². The largest absolute Gasteiger partial charge is 0.505 e. The van der Waals surface area contributed by atoms with Gasteiger partial charge in [-0.3, -0.25) is 0 Å². The highest BCUT2D eigenvalue weighted by Crippen LogP contribution is 2.38. The molecule has 1 unspecified atom stereocenters. The van der Waals surface area contributed by atoms with E-state index in [2.05, 4.69) is 10.1 Å². The summed E-state index contributed by atoms with van der Waals surface area (Å²) in [6, 6.07) is 12.3. The van der Waals surface area contributed by atoms with Crippen LogP contribution < -0.4 is 0 Å². The minimum atomic E-state index is -1.55. The molecule has 4 rings (SSSR count). The number of hydrogen-bond donors (Lipinski definition) is 2. The standard InChI is InChI=1S/C25H23F2N3O4/c1-13-21(23(24(32)33)34-25(2,3)4)22(15-10-17(27)19(31)11-16(15)26)30-20(28-13)12-18(29-30)14-8-6-5-7-9-14/h5-12,23,31H,1-4H3,(H,32,33). The monoisotopic (exact) mass is 467 g/mol. The summed E-state index contributed by atoms with van der Waals surface area (Å²) in [5.41, 5.74) is 0.672. The van der Waals surface area contributed by atoms with E-state index in [9.17, 15) is 19.4 Å². The number of ether oxygens (including phenoxy) is 1. The molecule has 2 aromatic heterocycles. The Labute approximate surface area is 194 Å². The number of carboxylic acid groups (broad SMARTS) is 1. The third kappa shape index (κ3) is 4.34. The number of phenolic OH excluding ortho intramolecular Hbond substituents is 1. The number of aromatic hydroxyl groups is 1. The van der Waals surface area contributed by atoms with E-state index in [0.29, 0.717) is 17.4 Å². The average molecular weight is 467 g/mol. The van der Waals surface area contributed by atoms with Gasteiger partial charge in [-0.1, -0.05) is 30.3 Å². The van der Waals surface area contributed by atoms with Crippen LogP contribution in [0.2, 0.25) is 0 Å². The highest BCUT2D eigenvalue weighted by atomic mass is 19.1. The Morgan fingerprint density at radius 3 is 2.38 bits per heavy atom. The summed E-state index contributed by atoms with van der Waals surface area (Å²) in [6.07, 6.45) is -1.55. The van der Waals surface area contributed by atoms with Crippen LogP contribution in [-0.2, 0) is 9.53 Å². The van der Waals surface area contributed by atoms with Crippen molar-refractivity contribution in [2.24, 2.45) is 0 Å². The minimum absolute atomic E-state index is 0.0293. The number of phenols is 1. The number of aryl methyl sites for hydroxylation is 1. The summed E-state index contributed by atoms with van der Waals surface area (Å²) in [4.78, 5) is 16.8. The fourth-order valence-electron chi connectivity index (χ4n) is 3.76. The number of nitrogens with zero attached hydrogens (tertiary/aromatic N) is 3. The van der Waals surface area contributed by atoms with Gasteiger partial charge in [0.1, 0.15) is 5.82 Å². The summed E-state index contributed by atoms with van der Waals surface area (Å²) in [7, 11) is 0. The van der Waals surface area contributed by atoms with Gasteiger partial charge >= 0.3 is 5.97 Å². The fourth-order valence-corrected chi connectivity index (χ4v) is 3.76. The maximum absolute atomic E-state index is 15.1. The molecular weight excluding hydrogens is 444 g/mol. The highest BCUT2D eigenvalue weighted by Gasteiger charge is 2.34. The Bertz CT molecular complexity index is 1400. The van der Waals surface area contributed by atoms with E-state index in [0.717, 1.165) is 11.6 Å². The lowest BCUT2D eigenvalue weighted by Gasteiger charge is -2.27. The second kappa shape index (κ2) is 8.49. The molecule has 0 fully saturated rings. The Morgan fingerprint density at radius 2 is 1.76 bits per heavy atom.